The van der Waals surface area contributed by atoms with Crippen LogP contribution in [0.25, 0.3) is 0 Å². The van der Waals surface area contributed by atoms with E-state index in [9.17, 15) is 18.0 Å². The van der Waals surface area contributed by atoms with E-state index in [-0.39, 0.29) is 18.1 Å². The van der Waals surface area contributed by atoms with Gasteiger partial charge in [0, 0.05) is 18.6 Å². The zero-order valence-corrected chi connectivity index (χ0v) is 15.3. The highest BCUT2D eigenvalue weighted by Crippen LogP contribution is 2.47. The van der Waals surface area contributed by atoms with E-state index in [0.29, 0.717) is 19.4 Å². The molecule has 1 aromatic rings. The van der Waals surface area contributed by atoms with Crippen molar-refractivity contribution in [3.63, 3.8) is 0 Å². The van der Waals surface area contributed by atoms with E-state index in [1.807, 2.05) is 32.3 Å². The zero-order chi connectivity index (χ0) is 19.0. The van der Waals surface area contributed by atoms with Crippen LogP contribution in [0, 0.1) is 0 Å². The molecule has 1 aliphatic carbocycles. The summed E-state index contributed by atoms with van der Waals surface area (Å²) in [5.41, 5.74) is 0.573. The van der Waals surface area contributed by atoms with E-state index in [2.05, 4.69) is 22.3 Å². The van der Waals surface area contributed by atoms with Crippen molar-refractivity contribution < 1.29 is 18.0 Å². The molecule has 2 amide bonds. The van der Waals surface area contributed by atoms with Gasteiger partial charge in [0.1, 0.15) is 0 Å². The first-order chi connectivity index (χ1) is 12.2. The van der Waals surface area contributed by atoms with Crippen molar-refractivity contribution in [2.75, 3.05) is 27.2 Å². The smallest absolute Gasteiger partial charge is 0.336 e. The van der Waals surface area contributed by atoms with Crippen LogP contribution in [-0.4, -0.2) is 54.7 Å². The molecule has 0 aromatic heterocycles. The highest BCUT2D eigenvalue weighted by Gasteiger charge is 2.52. The molecule has 0 atom stereocenters. The molecule has 4 nitrogen and oxygen atoms in total. The number of hydrogen-bond acceptors (Lipinski definition) is 2. The van der Waals surface area contributed by atoms with Gasteiger partial charge >= 0.3 is 12.2 Å². The predicted molar refractivity (Wildman–Crippen MR) is 93.8 cm³/mol. The number of alkyl halides is 3. The number of nitrogens with zero attached hydrogens (tertiary/aromatic N) is 2. The largest absolute Gasteiger partial charge is 0.390 e. The van der Waals surface area contributed by atoms with Gasteiger partial charge in [-0.15, -0.1) is 0 Å². The van der Waals surface area contributed by atoms with Crippen molar-refractivity contribution in [2.24, 2.45) is 0 Å². The van der Waals surface area contributed by atoms with E-state index in [0.717, 1.165) is 12.8 Å². The van der Waals surface area contributed by atoms with Crippen LogP contribution in [0.2, 0.25) is 0 Å². The van der Waals surface area contributed by atoms with Gasteiger partial charge in [0.25, 0.3) is 0 Å². The average Bonchev–Trinajstić information content (AvgIpc) is 2.90. The number of carbonyl (C=O) groups is 1. The average molecular weight is 369 g/mol. The maximum absolute atomic E-state index is 12.7. The van der Waals surface area contributed by atoms with Crippen LogP contribution in [0.1, 0.15) is 37.7 Å². The summed E-state index contributed by atoms with van der Waals surface area (Å²) in [4.78, 5) is 15.8. The Bertz CT molecular complexity index is 637. The first-order valence-corrected chi connectivity index (χ1v) is 9.04. The Labute approximate surface area is 152 Å². The summed E-state index contributed by atoms with van der Waals surface area (Å²) in [7, 11) is 4.09. The fraction of sp³-hybridized carbons (Fsp3) is 0.632. The Kier molecular flexibility index (Phi) is 4.94. The Morgan fingerprint density at radius 1 is 1.12 bits per heavy atom. The minimum absolute atomic E-state index is 0.145. The molecule has 144 valence electrons. The lowest BCUT2D eigenvalue weighted by atomic mass is 9.68. The minimum atomic E-state index is -4.25. The van der Waals surface area contributed by atoms with Crippen LogP contribution in [0.15, 0.2) is 30.3 Å². The summed E-state index contributed by atoms with van der Waals surface area (Å²) in [6, 6.07) is 9.86. The first-order valence-electron chi connectivity index (χ1n) is 9.04. The van der Waals surface area contributed by atoms with Crippen LogP contribution >= 0.6 is 0 Å². The molecule has 0 bridgehead atoms. The molecule has 26 heavy (non-hydrogen) atoms. The van der Waals surface area contributed by atoms with Crippen molar-refractivity contribution in [1.82, 2.24) is 15.1 Å². The van der Waals surface area contributed by atoms with Gasteiger partial charge in [-0.3, -0.25) is 4.90 Å². The number of urea groups is 1. The van der Waals surface area contributed by atoms with Crippen molar-refractivity contribution >= 4 is 6.03 Å². The number of halogens is 3. The molecule has 2 aliphatic rings. The maximum atomic E-state index is 12.7. The summed E-state index contributed by atoms with van der Waals surface area (Å²) in [6.07, 6.45) is -2.22. The zero-order valence-electron chi connectivity index (χ0n) is 15.3. The number of benzene rings is 1. The number of hydrogen-bond donors (Lipinski definition) is 1. The maximum Gasteiger partial charge on any atom is 0.390 e. The van der Waals surface area contributed by atoms with Crippen LogP contribution in [0.3, 0.4) is 0 Å². The standard InChI is InChI=1S/C19H26F3N3O/c1-24(2)18(15-6-4-3-5-7-15)10-8-17(9-11-18)14-23-16(26)25(17)13-12-19(20,21)22/h3-7H,8-14H2,1-2H3,(H,23,26). The first kappa shape index (κ1) is 19.0. The minimum Gasteiger partial charge on any atom is -0.336 e. The number of amides is 2. The van der Waals surface area contributed by atoms with Crippen molar-refractivity contribution in [3.05, 3.63) is 35.9 Å². The molecule has 1 aliphatic heterocycles. The molecule has 7 heteroatoms. The molecule has 0 radical (unpaired) electrons. The molecule has 1 heterocycles. The lowest BCUT2D eigenvalue weighted by molar-refractivity contribution is -0.139. The van der Waals surface area contributed by atoms with Crippen LogP contribution < -0.4 is 5.32 Å². The fourth-order valence-electron chi connectivity index (χ4n) is 4.54. The molecule has 1 aromatic carbocycles. The third kappa shape index (κ3) is 3.41. The highest BCUT2D eigenvalue weighted by atomic mass is 19.4. The third-order valence-electron chi connectivity index (χ3n) is 6.18. The summed E-state index contributed by atoms with van der Waals surface area (Å²) in [5.74, 6) is 0. The molecule has 2 fully saturated rings. The topological polar surface area (TPSA) is 35.6 Å². The Balaban J connectivity index is 1.79. The highest BCUT2D eigenvalue weighted by molar-refractivity contribution is 5.78. The van der Waals surface area contributed by atoms with Crippen molar-refractivity contribution in [1.29, 1.82) is 0 Å². The van der Waals surface area contributed by atoms with Gasteiger partial charge in [0.15, 0.2) is 0 Å². The van der Waals surface area contributed by atoms with Gasteiger partial charge in [0.05, 0.1) is 12.0 Å². The number of rotatable bonds is 4. The molecule has 1 saturated heterocycles. The summed E-state index contributed by atoms with van der Waals surface area (Å²) < 4.78 is 38.0. The van der Waals surface area contributed by atoms with E-state index in [1.54, 1.807) is 0 Å². The molecule has 0 unspecified atom stereocenters. The third-order valence-corrected chi connectivity index (χ3v) is 6.18. The lowest BCUT2D eigenvalue weighted by Crippen LogP contribution is -2.55. The normalized spacial score (nSPS) is 29.5. The fourth-order valence-corrected chi connectivity index (χ4v) is 4.54. The van der Waals surface area contributed by atoms with Crippen molar-refractivity contribution in [3.8, 4) is 0 Å². The van der Waals surface area contributed by atoms with Crippen molar-refractivity contribution in [2.45, 2.75) is 49.4 Å². The summed E-state index contributed by atoms with van der Waals surface area (Å²) in [5, 5.41) is 2.77. The number of carbonyl (C=O) groups excluding carboxylic acids is 1. The van der Waals surface area contributed by atoms with E-state index >= 15 is 0 Å². The van der Waals surface area contributed by atoms with Gasteiger partial charge < -0.3 is 10.2 Å². The number of nitrogens with one attached hydrogen (secondary N) is 1. The van der Waals surface area contributed by atoms with E-state index < -0.39 is 18.1 Å². The lowest BCUT2D eigenvalue weighted by Gasteiger charge is -2.51. The van der Waals surface area contributed by atoms with Crippen LogP contribution in [-0.2, 0) is 5.54 Å². The quantitative estimate of drug-likeness (QED) is 0.878. The molecule has 1 N–H and O–H groups in total. The summed E-state index contributed by atoms with van der Waals surface area (Å²) in [6.45, 7) is 0.164. The second-order valence-electron chi connectivity index (χ2n) is 7.69. The summed E-state index contributed by atoms with van der Waals surface area (Å²) >= 11 is 0. The van der Waals surface area contributed by atoms with E-state index in [4.69, 9.17) is 0 Å². The van der Waals surface area contributed by atoms with Crippen LogP contribution in [0.4, 0.5) is 18.0 Å². The van der Waals surface area contributed by atoms with Gasteiger partial charge in [-0.25, -0.2) is 4.79 Å². The Morgan fingerprint density at radius 2 is 1.73 bits per heavy atom. The molecule has 3 rings (SSSR count). The van der Waals surface area contributed by atoms with E-state index in [1.165, 1.54) is 10.5 Å². The van der Waals surface area contributed by atoms with Gasteiger partial charge in [-0.2, -0.15) is 13.2 Å². The molecule has 1 saturated carbocycles. The monoisotopic (exact) mass is 369 g/mol. The SMILES string of the molecule is CN(C)C1(c2ccccc2)CCC2(CC1)CNC(=O)N2CCC(F)(F)F. The molecule has 1 spiro atoms. The second-order valence-corrected chi connectivity index (χ2v) is 7.69. The van der Waals surface area contributed by atoms with Gasteiger partial charge in [0.2, 0.25) is 0 Å². The second kappa shape index (κ2) is 6.76. The molecular formula is C19H26F3N3O. The van der Waals surface area contributed by atoms with Gasteiger partial charge in [-0.1, -0.05) is 30.3 Å². The Morgan fingerprint density at radius 3 is 2.27 bits per heavy atom. The van der Waals surface area contributed by atoms with Gasteiger partial charge in [-0.05, 0) is 45.3 Å². The van der Waals surface area contributed by atoms with Crippen LogP contribution in [0.5, 0.6) is 0 Å². The Hall–Kier alpha value is -1.76. The predicted octanol–water partition coefficient (Wildman–Crippen LogP) is 3.73. The molecular weight excluding hydrogens is 343 g/mol.